The average molecular weight is 209 g/mol. The molecule has 0 fully saturated rings. The van der Waals surface area contributed by atoms with Crippen molar-refractivity contribution in [1.29, 1.82) is 0 Å². The number of halogens is 1. The molecule has 0 N–H and O–H groups in total. The average Bonchev–Trinajstić information content (AvgIpc) is 2.19. The fraction of sp³-hybridized carbons (Fsp3) is 0.273. The summed E-state index contributed by atoms with van der Waals surface area (Å²) in [6.45, 7) is 0. The summed E-state index contributed by atoms with van der Waals surface area (Å²) in [4.78, 5) is 21.8. The van der Waals surface area contributed by atoms with Gasteiger partial charge in [-0.25, -0.2) is 0 Å². The Labute approximate surface area is 86.9 Å². The number of fused-ring (bicyclic) bond motifs is 1. The number of carbonyl (C=O) groups is 2. The molecule has 2 aliphatic rings. The molecule has 0 aromatic heterocycles. The summed E-state index contributed by atoms with van der Waals surface area (Å²) >= 11 is 5.75. The SMILES string of the molecule is O=CC1=CC=C2CC(=O)C(Cl)=CC2C1. The third-order valence-corrected chi connectivity index (χ3v) is 2.91. The Balaban J connectivity index is 2.33. The van der Waals surface area contributed by atoms with Crippen LogP contribution in [-0.2, 0) is 9.59 Å². The smallest absolute Gasteiger partial charge is 0.177 e. The highest BCUT2D eigenvalue weighted by molar-refractivity contribution is 6.43. The molecule has 2 aliphatic carbocycles. The molecule has 1 unspecified atom stereocenters. The van der Waals surface area contributed by atoms with E-state index >= 15 is 0 Å². The van der Waals surface area contributed by atoms with Crippen molar-refractivity contribution in [2.45, 2.75) is 12.8 Å². The largest absolute Gasteiger partial charge is 0.298 e. The van der Waals surface area contributed by atoms with Crippen LogP contribution in [-0.4, -0.2) is 12.1 Å². The van der Waals surface area contributed by atoms with Crippen molar-refractivity contribution in [3.63, 3.8) is 0 Å². The van der Waals surface area contributed by atoms with Crippen LogP contribution >= 0.6 is 11.6 Å². The van der Waals surface area contributed by atoms with E-state index in [2.05, 4.69) is 0 Å². The van der Waals surface area contributed by atoms with Crippen LogP contribution in [0.1, 0.15) is 12.8 Å². The standard InChI is InChI=1S/C11H9ClO2/c12-10-4-9-3-7(6-13)1-2-8(9)5-11(10)14/h1-2,4,6,9H,3,5H2. The second-order valence-corrected chi connectivity index (χ2v) is 3.93. The van der Waals surface area contributed by atoms with E-state index in [1.165, 1.54) is 0 Å². The third kappa shape index (κ3) is 1.58. The molecule has 0 spiro atoms. The lowest BCUT2D eigenvalue weighted by atomic mass is 9.81. The fourth-order valence-electron chi connectivity index (χ4n) is 1.77. The topological polar surface area (TPSA) is 34.1 Å². The van der Waals surface area contributed by atoms with E-state index in [9.17, 15) is 9.59 Å². The predicted molar refractivity (Wildman–Crippen MR) is 53.9 cm³/mol. The molecule has 0 saturated heterocycles. The molecule has 0 aromatic carbocycles. The van der Waals surface area contributed by atoms with Gasteiger partial charge in [0.25, 0.3) is 0 Å². The predicted octanol–water partition coefficient (Wildman–Crippen LogP) is 2.15. The molecule has 3 heteroatoms. The van der Waals surface area contributed by atoms with Gasteiger partial charge in [-0.2, -0.15) is 0 Å². The van der Waals surface area contributed by atoms with Crippen LogP contribution in [0.15, 0.2) is 34.4 Å². The Kier molecular flexibility index (Phi) is 2.38. The number of Topliss-reactive ketones (excluding diaryl/α,β-unsaturated/α-hetero) is 1. The van der Waals surface area contributed by atoms with Crippen LogP contribution < -0.4 is 0 Å². The summed E-state index contributed by atoms with van der Waals surface area (Å²) in [6, 6.07) is 0. The Morgan fingerprint density at radius 2 is 2.21 bits per heavy atom. The van der Waals surface area contributed by atoms with Gasteiger partial charge < -0.3 is 0 Å². The zero-order valence-corrected chi connectivity index (χ0v) is 8.25. The monoisotopic (exact) mass is 208 g/mol. The summed E-state index contributed by atoms with van der Waals surface area (Å²) in [5, 5.41) is 0.305. The molecule has 1 atom stereocenters. The van der Waals surface area contributed by atoms with E-state index in [0.717, 1.165) is 17.4 Å². The summed E-state index contributed by atoms with van der Waals surface area (Å²) in [5.74, 6) is 0.113. The van der Waals surface area contributed by atoms with Gasteiger partial charge in [-0.1, -0.05) is 35.4 Å². The van der Waals surface area contributed by atoms with Crippen LogP contribution in [0, 0.1) is 5.92 Å². The zero-order valence-electron chi connectivity index (χ0n) is 7.50. The number of carbonyl (C=O) groups excluding carboxylic acids is 2. The molecule has 0 heterocycles. The Morgan fingerprint density at radius 1 is 1.43 bits per heavy atom. The van der Waals surface area contributed by atoms with E-state index in [4.69, 9.17) is 11.6 Å². The molecule has 0 amide bonds. The lowest BCUT2D eigenvalue weighted by Crippen LogP contribution is -2.17. The van der Waals surface area contributed by atoms with E-state index in [-0.39, 0.29) is 11.7 Å². The number of ketones is 1. The van der Waals surface area contributed by atoms with Crippen molar-refractivity contribution < 1.29 is 9.59 Å². The lowest BCUT2D eigenvalue weighted by Gasteiger charge is -2.24. The van der Waals surface area contributed by atoms with Crippen molar-refractivity contribution in [1.82, 2.24) is 0 Å². The lowest BCUT2D eigenvalue weighted by molar-refractivity contribution is -0.114. The Morgan fingerprint density at radius 3 is 2.93 bits per heavy atom. The number of rotatable bonds is 1. The van der Waals surface area contributed by atoms with E-state index in [0.29, 0.717) is 17.9 Å². The number of hydrogen-bond acceptors (Lipinski definition) is 2. The minimum Gasteiger partial charge on any atom is -0.298 e. The van der Waals surface area contributed by atoms with E-state index in [1.54, 1.807) is 12.2 Å². The Hall–Kier alpha value is -1.15. The molecule has 72 valence electrons. The molecule has 2 nitrogen and oxygen atoms in total. The van der Waals surface area contributed by atoms with Gasteiger partial charge in [0.2, 0.25) is 0 Å². The minimum absolute atomic E-state index is 0.0304. The van der Waals surface area contributed by atoms with Crippen LogP contribution in [0.5, 0.6) is 0 Å². The summed E-state index contributed by atoms with van der Waals surface area (Å²) in [7, 11) is 0. The van der Waals surface area contributed by atoms with E-state index in [1.807, 2.05) is 6.08 Å². The summed E-state index contributed by atoms with van der Waals surface area (Å²) in [6.07, 6.45) is 7.29. The van der Waals surface area contributed by atoms with Crippen LogP contribution in [0.3, 0.4) is 0 Å². The first-order valence-corrected chi connectivity index (χ1v) is 4.84. The molecular formula is C11H9ClO2. The number of allylic oxidation sites excluding steroid dienone is 6. The molecule has 2 rings (SSSR count). The second kappa shape index (κ2) is 3.54. The highest BCUT2D eigenvalue weighted by atomic mass is 35.5. The molecule has 0 radical (unpaired) electrons. The molecule has 14 heavy (non-hydrogen) atoms. The van der Waals surface area contributed by atoms with Gasteiger partial charge in [0.1, 0.15) is 6.29 Å². The van der Waals surface area contributed by atoms with Gasteiger partial charge in [0, 0.05) is 12.3 Å². The van der Waals surface area contributed by atoms with Crippen LogP contribution in [0.25, 0.3) is 0 Å². The number of aldehydes is 1. The van der Waals surface area contributed by atoms with Crippen molar-refractivity contribution in [3.05, 3.63) is 34.4 Å². The normalized spacial score (nSPS) is 25.9. The molecule has 0 aromatic rings. The first kappa shape index (κ1) is 9.41. The highest BCUT2D eigenvalue weighted by Gasteiger charge is 2.25. The number of hydrogen-bond donors (Lipinski definition) is 0. The summed E-state index contributed by atoms with van der Waals surface area (Å²) in [5.41, 5.74) is 1.82. The van der Waals surface area contributed by atoms with E-state index < -0.39 is 0 Å². The highest BCUT2D eigenvalue weighted by Crippen LogP contribution is 2.34. The fourth-order valence-corrected chi connectivity index (χ4v) is 1.99. The molecular weight excluding hydrogens is 200 g/mol. The second-order valence-electron chi connectivity index (χ2n) is 3.53. The quantitative estimate of drug-likeness (QED) is 0.619. The molecule has 0 saturated carbocycles. The van der Waals surface area contributed by atoms with Gasteiger partial charge >= 0.3 is 0 Å². The molecule has 0 bridgehead atoms. The first-order valence-electron chi connectivity index (χ1n) is 4.46. The van der Waals surface area contributed by atoms with Crippen LogP contribution in [0.4, 0.5) is 0 Å². The van der Waals surface area contributed by atoms with Crippen LogP contribution in [0.2, 0.25) is 0 Å². The first-order chi connectivity index (χ1) is 6.70. The maximum atomic E-state index is 11.3. The maximum absolute atomic E-state index is 11.3. The third-order valence-electron chi connectivity index (χ3n) is 2.57. The van der Waals surface area contributed by atoms with Gasteiger partial charge in [-0.3, -0.25) is 9.59 Å². The van der Waals surface area contributed by atoms with Crippen molar-refractivity contribution in [2.75, 3.05) is 0 Å². The van der Waals surface area contributed by atoms with Gasteiger partial charge in [-0.05, 0) is 12.0 Å². The van der Waals surface area contributed by atoms with Crippen molar-refractivity contribution in [2.24, 2.45) is 5.92 Å². The molecule has 0 aliphatic heterocycles. The van der Waals surface area contributed by atoms with Crippen molar-refractivity contribution in [3.8, 4) is 0 Å². The van der Waals surface area contributed by atoms with Gasteiger partial charge in [-0.15, -0.1) is 0 Å². The maximum Gasteiger partial charge on any atom is 0.177 e. The van der Waals surface area contributed by atoms with Crippen molar-refractivity contribution >= 4 is 23.7 Å². The van der Waals surface area contributed by atoms with Gasteiger partial charge in [0.15, 0.2) is 5.78 Å². The minimum atomic E-state index is -0.0304. The Bertz CT molecular complexity index is 388. The van der Waals surface area contributed by atoms with Gasteiger partial charge in [0.05, 0.1) is 5.03 Å². The summed E-state index contributed by atoms with van der Waals surface area (Å²) < 4.78 is 0. The zero-order chi connectivity index (χ0) is 10.1.